The van der Waals surface area contributed by atoms with Gasteiger partial charge in [0.15, 0.2) is 0 Å². The number of nitrogens with zero attached hydrogens (tertiary/aromatic N) is 2. The number of benzene rings is 1. The van der Waals surface area contributed by atoms with Gasteiger partial charge in [-0.1, -0.05) is 6.07 Å². The van der Waals surface area contributed by atoms with Crippen LogP contribution in [-0.4, -0.2) is 9.97 Å². The summed E-state index contributed by atoms with van der Waals surface area (Å²) in [6.45, 7) is 1.93. The smallest absolute Gasteiger partial charge is 0.228 e. The fourth-order valence-corrected chi connectivity index (χ4v) is 1.89. The molecule has 0 aliphatic heterocycles. The van der Waals surface area contributed by atoms with Crippen LogP contribution >= 0.6 is 0 Å². The molecule has 19 heavy (non-hydrogen) atoms. The average Bonchev–Trinajstić information content (AvgIpc) is 2.38. The van der Waals surface area contributed by atoms with Gasteiger partial charge in [0, 0.05) is 23.8 Å². The molecule has 2 aromatic heterocycles. The summed E-state index contributed by atoms with van der Waals surface area (Å²) in [6, 6.07) is 12.2. The summed E-state index contributed by atoms with van der Waals surface area (Å²) in [7, 11) is 0. The predicted molar refractivity (Wildman–Crippen MR) is 74.0 cm³/mol. The van der Waals surface area contributed by atoms with Crippen molar-refractivity contribution in [1.82, 2.24) is 9.97 Å². The van der Waals surface area contributed by atoms with Crippen LogP contribution in [0.25, 0.3) is 10.8 Å². The maximum Gasteiger partial charge on any atom is 0.228 e. The van der Waals surface area contributed by atoms with Crippen LogP contribution in [0.5, 0.6) is 11.6 Å². The molecule has 0 amide bonds. The van der Waals surface area contributed by atoms with Crippen molar-refractivity contribution in [2.45, 2.75) is 6.92 Å². The van der Waals surface area contributed by atoms with E-state index in [2.05, 4.69) is 16.0 Å². The van der Waals surface area contributed by atoms with Crippen LogP contribution < -0.4 is 10.5 Å². The summed E-state index contributed by atoms with van der Waals surface area (Å²) in [5.74, 6) is 1.06. The van der Waals surface area contributed by atoms with E-state index in [1.54, 1.807) is 24.5 Å². The van der Waals surface area contributed by atoms with Gasteiger partial charge in [0.05, 0.1) is 11.5 Å². The summed E-state index contributed by atoms with van der Waals surface area (Å²) >= 11 is 0. The third-order valence-corrected chi connectivity index (χ3v) is 2.73. The molecule has 1 radical (unpaired) electrons. The molecule has 4 heteroatoms. The second-order valence-corrected chi connectivity index (χ2v) is 4.24. The van der Waals surface area contributed by atoms with E-state index in [4.69, 9.17) is 10.5 Å². The Hall–Kier alpha value is -2.62. The number of nitrogen functional groups attached to an aromatic ring is 1. The summed E-state index contributed by atoms with van der Waals surface area (Å²) in [5, 5.41) is 1.91. The van der Waals surface area contributed by atoms with Crippen molar-refractivity contribution >= 4 is 16.5 Å². The van der Waals surface area contributed by atoms with Gasteiger partial charge in [-0.3, -0.25) is 4.98 Å². The van der Waals surface area contributed by atoms with Gasteiger partial charge in [-0.05, 0) is 36.6 Å². The number of aryl methyl sites for hydroxylation is 1. The van der Waals surface area contributed by atoms with Crippen molar-refractivity contribution in [2.24, 2.45) is 0 Å². The molecule has 0 saturated heterocycles. The number of anilines is 1. The van der Waals surface area contributed by atoms with Crippen molar-refractivity contribution < 1.29 is 4.74 Å². The molecule has 0 atom stereocenters. The zero-order chi connectivity index (χ0) is 13.2. The average molecular weight is 250 g/mol. The Morgan fingerprint density at radius 1 is 1.26 bits per heavy atom. The van der Waals surface area contributed by atoms with E-state index < -0.39 is 0 Å². The number of nitrogens with two attached hydrogens (primary N) is 1. The van der Waals surface area contributed by atoms with Crippen LogP contribution in [0.2, 0.25) is 0 Å². The van der Waals surface area contributed by atoms with Crippen molar-refractivity contribution in [2.75, 3.05) is 5.73 Å². The highest BCUT2D eigenvalue weighted by atomic mass is 16.5. The van der Waals surface area contributed by atoms with E-state index in [9.17, 15) is 0 Å². The fourth-order valence-electron chi connectivity index (χ4n) is 1.89. The molecule has 3 rings (SSSR count). The first-order chi connectivity index (χ1) is 9.22. The summed E-state index contributed by atoms with van der Waals surface area (Å²) in [4.78, 5) is 8.51. The third kappa shape index (κ3) is 2.33. The Morgan fingerprint density at radius 2 is 2.16 bits per heavy atom. The summed E-state index contributed by atoms with van der Waals surface area (Å²) in [6.07, 6.45) is 3.49. The highest BCUT2D eigenvalue weighted by Crippen LogP contribution is 2.28. The molecule has 0 fully saturated rings. The van der Waals surface area contributed by atoms with E-state index in [1.165, 1.54) is 0 Å². The maximum atomic E-state index is 5.77. The minimum atomic E-state index is 0.518. The first-order valence-corrected chi connectivity index (χ1v) is 5.89. The third-order valence-electron chi connectivity index (χ3n) is 2.73. The Labute approximate surface area is 110 Å². The predicted octanol–water partition coefficient (Wildman–Crippen LogP) is 3.11. The number of hydrogen-bond donors (Lipinski definition) is 1. The lowest BCUT2D eigenvalue weighted by Gasteiger charge is -2.08. The van der Waals surface area contributed by atoms with Gasteiger partial charge in [-0.2, -0.15) is 0 Å². The number of pyridine rings is 2. The van der Waals surface area contributed by atoms with Crippen molar-refractivity contribution in [3.8, 4) is 11.6 Å². The molecule has 2 heterocycles. The van der Waals surface area contributed by atoms with E-state index >= 15 is 0 Å². The van der Waals surface area contributed by atoms with E-state index in [-0.39, 0.29) is 0 Å². The number of rotatable bonds is 2. The van der Waals surface area contributed by atoms with Crippen LogP contribution in [0.15, 0.2) is 42.7 Å². The molecule has 0 saturated carbocycles. The van der Waals surface area contributed by atoms with Gasteiger partial charge in [0.1, 0.15) is 5.75 Å². The molecule has 0 aliphatic rings. The standard InChI is InChI=1S/C15H12N3O/c1-10-7-11-5-6-17-9-14(11)15(18-10)19-13-4-2-3-12(16)8-13/h2-7,9H,16H2,1H3. The minimum absolute atomic E-state index is 0.518. The monoisotopic (exact) mass is 250 g/mol. The topological polar surface area (TPSA) is 61.0 Å². The van der Waals surface area contributed by atoms with Gasteiger partial charge in [0.2, 0.25) is 5.88 Å². The summed E-state index contributed by atoms with van der Waals surface area (Å²) in [5.41, 5.74) is 7.11. The molecular formula is C15H12N3O. The largest absolute Gasteiger partial charge is 0.438 e. The molecule has 0 bridgehead atoms. The molecule has 0 unspecified atom stereocenters. The second-order valence-electron chi connectivity index (χ2n) is 4.24. The fraction of sp³-hybridized carbons (Fsp3) is 0.0667. The molecule has 93 valence electrons. The Morgan fingerprint density at radius 3 is 3.00 bits per heavy atom. The van der Waals surface area contributed by atoms with Gasteiger partial charge in [-0.15, -0.1) is 0 Å². The van der Waals surface area contributed by atoms with Crippen molar-refractivity contribution in [1.29, 1.82) is 0 Å². The quantitative estimate of drug-likeness (QED) is 0.710. The van der Waals surface area contributed by atoms with Gasteiger partial charge < -0.3 is 10.5 Å². The zero-order valence-electron chi connectivity index (χ0n) is 10.4. The maximum absolute atomic E-state index is 5.77. The van der Waals surface area contributed by atoms with Gasteiger partial charge in [-0.25, -0.2) is 4.98 Å². The molecule has 0 aliphatic carbocycles. The number of aromatic nitrogens is 2. The lowest BCUT2D eigenvalue weighted by Crippen LogP contribution is -1.93. The Kier molecular flexibility index (Phi) is 2.76. The minimum Gasteiger partial charge on any atom is -0.438 e. The first-order valence-electron chi connectivity index (χ1n) is 5.89. The second kappa shape index (κ2) is 4.57. The van der Waals surface area contributed by atoms with Crippen molar-refractivity contribution in [3.05, 3.63) is 54.5 Å². The lowest BCUT2D eigenvalue weighted by molar-refractivity contribution is 0.467. The van der Waals surface area contributed by atoms with E-state index in [1.807, 2.05) is 25.1 Å². The van der Waals surface area contributed by atoms with Crippen LogP contribution in [0, 0.1) is 13.0 Å². The lowest BCUT2D eigenvalue weighted by atomic mass is 10.2. The Bertz CT molecular complexity index is 740. The highest BCUT2D eigenvalue weighted by molar-refractivity contribution is 5.86. The van der Waals surface area contributed by atoms with Crippen LogP contribution in [0.1, 0.15) is 5.69 Å². The molecular weight excluding hydrogens is 238 g/mol. The van der Waals surface area contributed by atoms with Gasteiger partial charge >= 0.3 is 0 Å². The first kappa shape index (κ1) is 11.5. The summed E-state index contributed by atoms with van der Waals surface area (Å²) < 4.78 is 5.77. The Balaban J connectivity index is 2.09. The molecule has 1 aromatic carbocycles. The van der Waals surface area contributed by atoms with Gasteiger partial charge in [0.25, 0.3) is 0 Å². The molecule has 0 spiro atoms. The SMILES string of the molecule is Cc1cc2ccncc2c(Oc2[c]c(N)ccc2)n1. The van der Waals surface area contributed by atoms with Crippen LogP contribution in [-0.2, 0) is 0 Å². The molecule has 2 N–H and O–H groups in total. The van der Waals surface area contributed by atoms with E-state index in [0.717, 1.165) is 16.5 Å². The van der Waals surface area contributed by atoms with Crippen LogP contribution in [0.4, 0.5) is 5.69 Å². The molecule has 4 nitrogen and oxygen atoms in total. The zero-order valence-corrected chi connectivity index (χ0v) is 10.4. The normalized spacial score (nSPS) is 10.6. The number of ether oxygens (including phenoxy) is 1. The highest BCUT2D eigenvalue weighted by Gasteiger charge is 2.07. The molecule has 3 aromatic rings. The van der Waals surface area contributed by atoms with Crippen LogP contribution in [0.3, 0.4) is 0 Å². The van der Waals surface area contributed by atoms with E-state index in [0.29, 0.717) is 17.3 Å². The number of hydrogen-bond acceptors (Lipinski definition) is 4. The van der Waals surface area contributed by atoms with Crippen molar-refractivity contribution in [3.63, 3.8) is 0 Å². The number of fused-ring (bicyclic) bond motifs is 1.